The number of rotatable bonds is 6. The van der Waals surface area contributed by atoms with Gasteiger partial charge in [-0.3, -0.25) is 4.79 Å². The van der Waals surface area contributed by atoms with Gasteiger partial charge < -0.3 is 4.90 Å². The maximum Gasteiger partial charge on any atom is 0.225 e. The van der Waals surface area contributed by atoms with Gasteiger partial charge in [0.15, 0.2) is 0 Å². The SMILES string of the molecule is CC(C)CC(CCCC#N)C(=O)N(C)C. The van der Waals surface area contributed by atoms with Gasteiger partial charge in [0.05, 0.1) is 6.07 Å². The normalized spacial score (nSPS) is 12.3. The molecule has 0 heterocycles. The van der Waals surface area contributed by atoms with E-state index in [0.29, 0.717) is 12.3 Å². The van der Waals surface area contributed by atoms with Crippen molar-refractivity contribution in [3.05, 3.63) is 0 Å². The molecule has 0 aromatic carbocycles. The van der Waals surface area contributed by atoms with E-state index in [-0.39, 0.29) is 11.8 Å². The molecule has 0 aliphatic rings. The molecule has 0 aliphatic heterocycles. The van der Waals surface area contributed by atoms with Crippen LogP contribution in [0.25, 0.3) is 0 Å². The molecule has 1 atom stereocenters. The Morgan fingerprint density at radius 1 is 1.40 bits per heavy atom. The number of unbranched alkanes of at least 4 members (excludes halogenated alkanes) is 1. The van der Waals surface area contributed by atoms with Gasteiger partial charge in [-0.1, -0.05) is 13.8 Å². The van der Waals surface area contributed by atoms with E-state index in [4.69, 9.17) is 5.26 Å². The molecular weight excluding hydrogens is 188 g/mol. The highest BCUT2D eigenvalue weighted by Crippen LogP contribution is 2.19. The molecule has 0 N–H and O–H groups in total. The lowest BCUT2D eigenvalue weighted by Crippen LogP contribution is -2.30. The van der Waals surface area contributed by atoms with Gasteiger partial charge in [0.25, 0.3) is 0 Å². The molecule has 0 aromatic heterocycles. The predicted octanol–water partition coefficient (Wildman–Crippen LogP) is 2.43. The quantitative estimate of drug-likeness (QED) is 0.632. The number of hydrogen-bond donors (Lipinski definition) is 0. The van der Waals surface area contributed by atoms with Crippen molar-refractivity contribution in [1.29, 1.82) is 5.26 Å². The first-order chi connectivity index (χ1) is 6.99. The second-order valence-corrected chi connectivity index (χ2v) is 4.61. The van der Waals surface area contributed by atoms with E-state index >= 15 is 0 Å². The third-order valence-corrected chi connectivity index (χ3v) is 2.39. The molecule has 1 amide bonds. The van der Waals surface area contributed by atoms with Crippen molar-refractivity contribution < 1.29 is 4.79 Å². The van der Waals surface area contributed by atoms with Crippen LogP contribution in [0.1, 0.15) is 39.5 Å². The second-order valence-electron chi connectivity index (χ2n) is 4.61. The maximum atomic E-state index is 11.8. The molecule has 3 heteroatoms. The zero-order valence-electron chi connectivity index (χ0n) is 10.3. The summed E-state index contributed by atoms with van der Waals surface area (Å²) in [6.45, 7) is 4.25. The van der Waals surface area contributed by atoms with E-state index in [1.165, 1.54) is 0 Å². The van der Waals surface area contributed by atoms with E-state index in [9.17, 15) is 4.79 Å². The first kappa shape index (κ1) is 14.0. The fraction of sp³-hybridized carbons (Fsp3) is 0.833. The van der Waals surface area contributed by atoms with Crippen LogP contribution in [0.2, 0.25) is 0 Å². The molecule has 0 saturated carbocycles. The Hall–Kier alpha value is -1.04. The number of carbonyl (C=O) groups is 1. The monoisotopic (exact) mass is 210 g/mol. The average Bonchev–Trinajstić information content (AvgIpc) is 2.14. The van der Waals surface area contributed by atoms with Crippen LogP contribution >= 0.6 is 0 Å². The molecule has 0 rings (SSSR count). The van der Waals surface area contributed by atoms with Crippen LogP contribution in [0.3, 0.4) is 0 Å². The smallest absolute Gasteiger partial charge is 0.225 e. The van der Waals surface area contributed by atoms with Crippen molar-refractivity contribution in [3.63, 3.8) is 0 Å². The van der Waals surface area contributed by atoms with Crippen LogP contribution < -0.4 is 0 Å². The molecule has 0 radical (unpaired) electrons. The van der Waals surface area contributed by atoms with Crippen LogP contribution in [0.4, 0.5) is 0 Å². The highest BCUT2D eigenvalue weighted by molar-refractivity contribution is 5.78. The molecular formula is C12H22N2O. The zero-order valence-corrected chi connectivity index (χ0v) is 10.3. The number of hydrogen-bond acceptors (Lipinski definition) is 2. The highest BCUT2D eigenvalue weighted by Gasteiger charge is 2.20. The molecule has 0 spiro atoms. The predicted molar refractivity (Wildman–Crippen MR) is 61.1 cm³/mol. The van der Waals surface area contributed by atoms with E-state index < -0.39 is 0 Å². The fourth-order valence-electron chi connectivity index (χ4n) is 1.70. The van der Waals surface area contributed by atoms with Gasteiger partial charge in [-0.25, -0.2) is 0 Å². The van der Waals surface area contributed by atoms with Crippen LogP contribution in [0.15, 0.2) is 0 Å². The summed E-state index contributed by atoms with van der Waals surface area (Å²) in [5.41, 5.74) is 0. The number of nitriles is 1. The summed E-state index contributed by atoms with van der Waals surface area (Å²) in [5, 5.41) is 8.46. The summed E-state index contributed by atoms with van der Waals surface area (Å²) < 4.78 is 0. The van der Waals surface area contributed by atoms with Crippen molar-refractivity contribution >= 4 is 5.91 Å². The fourth-order valence-corrected chi connectivity index (χ4v) is 1.70. The average molecular weight is 210 g/mol. The minimum atomic E-state index is 0.0911. The Kier molecular flexibility index (Phi) is 6.77. The first-order valence-electron chi connectivity index (χ1n) is 5.57. The van der Waals surface area contributed by atoms with Gasteiger partial charge in [-0.15, -0.1) is 0 Å². The van der Waals surface area contributed by atoms with Crippen LogP contribution in [0, 0.1) is 23.2 Å². The van der Waals surface area contributed by atoms with Crippen LogP contribution in [0.5, 0.6) is 0 Å². The summed E-state index contributed by atoms with van der Waals surface area (Å²) in [7, 11) is 3.58. The van der Waals surface area contributed by atoms with E-state index in [2.05, 4.69) is 19.9 Å². The topological polar surface area (TPSA) is 44.1 Å². The van der Waals surface area contributed by atoms with Gasteiger partial charge >= 0.3 is 0 Å². The summed E-state index contributed by atoms with van der Waals surface area (Å²) in [5.74, 6) is 0.816. The Labute approximate surface area is 93.1 Å². The molecule has 0 saturated heterocycles. The number of carbonyl (C=O) groups excluding carboxylic acids is 1. The Morgan fingerprint density at radius 2 is 2.00 bits per heavy atom. The molecule has 0 aliphatic carbocycles. The minimum absolute atomic E-state index is 0.0911. The number of amides is 1. The first-order valence-corrected chi connectivity index (χ1v) is 5.57. The zero-order chi connectivity index (χ0) is 11.8. The molecule has 1 unspecified atom stereocenters. The number of nitrogens with zero attached hydrogens (tertiary/aromatic N) is 2. The van der Waals surface area contributed by atoms with Gasteiger partial charge in [-0.2, -0.15) is 5.26 Å². The third kappa shape index (κ3) is 6.11. The van der Waals surface area contributed by atoms with Crippen molar-refractivity contribution in [1.82, 2.24) is 4.90 Å². The van der Waals surface area contributed by atoms with Crippen molar-refractivity contribution in [2.24, 2.45) is 11.8 Å². The van der Waals surface area contributed by atoms with Crippen LogP contribution in [-0.4, -0.2) is 24.9 Å². The molecule has 3 nitrogen and oxygen atoms in total. The van der Waals surface area contributed by atoms with Gasteiger partial charge in [-0.05, 0) is 25.2 Å². The Bertz CT molecular complexity index is 228. The maximum absolute atomic E-state index is 11.8. The lowest BCUT2D eigenvalue weighted by atomic mass is 9.91. The summed E-state index contributed by atoms with van der Waals surface area (Å²) >= 11 is 0. The standard InChI is InChI=1S/C12H22N2O/c1-10(2)9-11(7-5-6-8-13)12(15)14(3)4/h10-11H,5-7,9H2,1-4H3. The molecule has 86 valence electrons. The molecule has 0 fully saturated rings. The Morgan fingerprint density at radius 3 is 2.40 bits per heavy atom. The van der Waals surface area contributed by atoms with E-state index in [1.807, 2.05) is 0 Å². The Balaban J connectivity index is 4.19. The van der Waals surface area contributed by atoms with Crippen molar-refractivity contribution in [2.75, 3.05) is 14.1 Å². The molecule has 0 bridgehead atoms. The summed E-state index contributed by atoms with van der Waals surface area (Å²) in [6.07, 6.45) is 3.13. The van der Waals surface area contributed by atoms with Crippen LogP contribution in [-0.2, 0) is 4.79 Å². The van der Waals surface area contributed by atoms with Crippen molar-refractivity contribution in [3.8, 4) is 6.07 Å². The second kappa shape index (κ2) is 7.28. The molecule has 0 aromatic rings. The lowest BCUT2D eigenvalue weighted by molar-refractivity contribution is -0.133. The summed E-state index contributed by atoms with van der Waals surface area (Å²) in [4.78, 5) is 13.5. The lowest BCUT2D eigenvalue weighted by Gasteiger charge is -2.21. The largest absolute Gasteiger partial charge is 0.349 e. The third-order valence-electron chi connectivity index (χ3n) is 2.39. The van der Waals surface area contributed by atoms with E-state index in [1.54, 1.807) is 19.0 Å². The summed E-state index contributed by atoms with van der Waals surface area (Å²) in [6, 6.07) is 2.12. The molecule has 15 heavy (non-hydrogen) atoms. The van der Waals surface area contributed by atoms with E-state index in [0.717, 1.165) is 19.3 Å². The highest BCUT2D eigenvalue weighted by atomic mass is 16.2. The van der Waals surface area contributed by atoms with Gasteiger partial charge in [0.1, 0.15) is 0 Å². The van der Waals surface area contributed by atoms with Gasteiger partial charge in [0, 0.05) is 26.4 Å². The van der Waals surface area contributed by atoms with Crippen molar-refractivity contribution in [2.45, 2.75) is 39.5 Å². The minimum Gasteiger partial charge on any atom is -0.349 e. The van der Waals surface area contributed by atoms with Gasteiger partial charge in [0.2, 0.25) is 5.91 Å².